The van der Waals surface area contributed by atoms with Crippen molar-refractivity contribution in [3.8, 4) is 0 Å². The predicted molar refractivity (Wildman–Crippen MR) is 69.1 cm³/mol. The topological polar surface area (TPSA) is 78.9 Å². The third-order valence-electron chi connectivity index (χ3n) is 3.07. The zero-order chi connectivity index (χ0) is 14.7. The lowest BCUT2D eigenvalue weighted by Crippen LogP contribution is -2.50. The number of ether oxygens (including phenoxy) is 1. The van der Waals surface area contributed by atoms with Crippen LogP contribution in [0.4, 0.5) is 14.9 Å². The van der Waals surface area contributed by atoms with Crippen molar-refractivity contribution >= 4 is 17.7 Å². The molecule has 1 aliphatic heterocycles. The Kier molecular flexibility index (Phi) is 4.19. The van der Waals surface area contributed by atoms with Gasteiger partial charge in [-0.2, -0.15) is 0 Å². The quantitative estimate of drug-likeness (QED) is 0.860. The number of aliphatic carboxylic acids is 1. The van der Waals surface area contributed by atoms with Gasteiger partial charge < -0.3 is 20.1 Å². The van der Waals surface area contributed by atoms with Crippen molar-refractivity contribution in [2.75, 3.05) is 25.0 Å². The van der Waals surface area contributed by atoms with Crippen LogP contribution in [0, 0.1) is 12.7 Å². The summed E-state index contributed by atoms with van der Waals surface area (Å²) in [6.07, 6.45) is -1.02. The summed E-state index contributed by atoms with van der Waals surface area (Å²) in [6.45, 7) is 2.17. The standard InChI is InChI=1S/C13H15FN2O4/c1-8-2-3-9(14)6-10(8)15-13(19)16-4-5-20-11(7-16)12(17)18/h2-3,6,11H,4-5,7H2,1H3,(H,15,19)(H,17,18). The Hall–Kier alpha value is -2.15. The first-order valence-electron chi connectivity index (χ1n) is 6.14. The smallest absolute Gasteiger partial charge is 0.334 e. The van der Waals surface area contributed by atoms with Gasteiger partial charge in [0.2, 0.25) is 0 Å². The number of nitrogens with one attached hydrogen (secondary N) is 1. The van der Waals surface area contributed by atoms with Gasteiger partial charge in [0, 0.05) is 12.2 Å². The van der Waals surface area contributed by atoms with E-state index in [1.807, 2.05) is 0 Å². The van der Waals surface area contributed by atoms with E-state index in [1.54, 1.807) is 13.0 Å². The molecule has 7 heteroatoms. The maximum Gasteiger partial charge on any atom is 0.334 e. The molecular formula is C13H15FN2O4. The second kappa shape index (κ2) is 5.87. The lowest BCUT2D eigenvalue weighted by Gasteiger charge is -2.31. The normalized spacial score (nSPS) is 18.7. The Morgan fingerprint density at radius 3 is 2.95 bits per heavy atom. The molecule has 0 bridgehead atoms. The van der Waals surface area contributed by atoms with Crippen LogP contribution in [0.25, 0.3) is 0 Å². The van der Waals surface area contributed by atoms with Gasteiger partial charge in [0.05, 0.1) is 13.2 Å². The molecule has 20 heavy (non-hydrogen) atoms. The van der Waals surface area contributed by atoms with Crippen LogP contribution in [0.3, 0.4) is 0 Å². The average molecular weight is 282 g/mol. The number of hydrogen-bond donors (Lipinski definition) is 2. The van der Waals surface area contributed by atoms with Crippen LogP contribution >= 0.6 is 0 Å². The number of anilines is 1. The number of rotatable bonds is 2. The molecular weight excluding hydrogens is 267 g/mol. The van der Waals surface area contributed by atoms with Crippen molar-refractivity contribution in [1.82, 2.24) is 4.90 Å². The molecule has 0 aliphatic carbocycles. The maximum atomic E-state index is 13.1. The van der Waals surface area contributed by atoms with Gasteiger partial charge in [-0.15, -0.1) is 0 Å². The molecule has 108 valence electrons. The molecule has 1 atom stereocenters. The maximum absolute atomic E-state index is 13.1. The van der Waals surface area contributed by atoms with Crippen LogP contribution in [0.5, 0.6) is 0 Å². The second-order valence-corrected chi connectivity index (χ2v) is 4.53. The van der Waals surface area contributed by atoms with E-state index in [1.165, 1.54) is 17.0 Å². The Bertz CT molecular complexity index is 535. The van der Waals surface area contributed by atoms with E-state index in [2.05, 4.69) is 5.32 Å². The molecule has 1 heterocycles. The van der Waals surface area contributed by atoms with Gasteiger partial charge in [-0.3, -0.25) is 0 Å². The van der Waals surface area contributed by atoms with E-state index in [0.29, 0.717) is 12.2 Å². The minimum absolute atomic E-state index is 0.0322. The van der Waals surface area contributed by atoms with Gasteiger partial charge in [-0.05, 0) is 24.6 Å². The molecule has 0 aromatic heterocycles. The van der Waals surface area contributed by atoms with E-state index < -0.39 is 23.9 Å². The summed E-state index contributed by atoms with van der Waals surface area (Å²) in [5.74, 6) is -1.55. The largest absolute Gasteiger partial charge is 0.479 e. The van der Waals surface area contributed by atoms with Gasteiger partial charge in [-0.1, -0.05) is 6.07 Å². The van der Waals surface area contributed by atoms with Crippen LogP contribution in [0.2, 0.25) is 0 Å². The van der Waals surface area contributed by atoms with Crippen molar-refractivity contribution < 1.29 is 23.8 Å². The molecule has 0 spiro atoms. The number of urea groups is 1. The van der Waals surface area contributed by atoms with Crippen LogP contribution in [0.15, 0.2) is 18.2 Å². The lowest BCUT2D eigenvalue weighted by molar-refractivity contribution is -0.154. The summed E-state index contributed by atoms with van der Waals surface area (Å²) in [5.41, 5.74) is 1.09. The van der Waals surface area contributed by atoms with Crippen LogP contribution < -0.4 is 5.32 Å². The summed E-state index contributed by atoms with van der Waals surface area (Å²) >= 11 is 0. The van der Waals surface area contributed by atoms with E-state index in [0.717, 1.165) is 5.56 Å². The lowest BCUT2D eigenvalue weighted by atomic mass is 10.2. The van der Waals surface area contributed by atoms with E-state index in [-0.39, 0.29) is 13.2 Å². The summed E-state index contributed by atoms with van der Waals surface area (Å²) < 4.78 is 18.2. The van der Waals surface area contributed by atoms with Gasteiger partial charge in [0.1, 0.15) is 5.82 Å². The number of carboxylic acid groups (broad SMARTS) is 1. The first-order chi connectivity index (χ1) is 9.47. The first-order valence-corrected chi connectivity index (χ1v) is 6.14. The predicted octanol–water partition coefficient (Wildman–Crippen LogP) is 1.45. The van der Waals surface area contributed by atoms with Crippen molar-refractivity contribution in [1.29, 1.82) is 0 Å². The number of benzene rings is 1. The molecule has 6 nitrogen and oxygen atoms in total. The van der Waals surface area contributed by atoms with Crippen molar-refractivity contribution in [2.45, 2.75) is 13.0 Å². The number of halogens is 1. The Morgan fingerprint density at radius 1 is 1.50 bits per heavy atom. The highest BCUT2D eigenvalue weighted by Gasteiger charge is 2.29. The third-order valence-corrected chi connectivity index (χ3v) is 3.07. The highest BCUT2D eigenvalue weighted by atomic mass is 19.1. The van der Waals surface area contributed by atoms with Crippen molar-refractivity contribution in [3.05, 3.63) is 29.6 Å². The first kappa shape index (κ1) is 14.3. The molecule has 1 unspecified atom stereocenters. The molecule has 1 saturated heterocycles. The molecule has 1 fully saturated rings. The molecule has 0 saturated carbocycles. The summed E-state index contributed by atoms with van der Waals surface area (Å²) in [7, 11) is 0. The number of amides is 2. The minimum atomic E-state index is -1.11. The SMILES string of the molecule is Cc1ccc(F)cc1NC(=O)N1CCOC(C(=O)O)C1. The van der Waals surface area contributed by atoms with Gasteiger partial charge in [-0.25, -0.2) is 14.0 Å². The highest BCUT2D eigenvalue weighted by Crippen LogP contribution is 2.17. The molecule has 1 aromatic rings. The second-order valence-electron chi connectivity index (χ2n) is 4.53. The number of carbonyl (C=O) groups is 2. The highest BCUT2D eigenvalue weighted by molar-refractivity contribution is 5.90. The number of hydrogen-bond acceptors (Lipinski definition) is 3. The fraction of sp³-hybridized carbons (Fsp3) is 0.385. The van der Waals surface area contributed by atoms with E-state index >= 15 is 0 Å². The molecule has 1 aliphatic rings. The van der Waals surface area contributed by atoms with Gasteiger partial charge in [0.15, 0.2) is 6.10 Å². The Labute approximate surface area is 115 Å². The Morgan fingerprint density at radius 2 is 2.25 bits per heavy atom. The minimum Gasteiger partial charge on any atom is -0.479 e. The molecule has 2 N–H and O–H groups in total. The zero-order valence-corrected chi connectivity index (χ0v) is 10.9. The molecule has 1 aromatic carbocycles. The van der Waals surface area contributed by atoms with Crippen molar-refractivity contribution in [3.63, 3.8) is 0 Å². The van der Waals surface area contributed by atoms with E-state index in [9.17, 15) is 14.0 Å². The number of aryl methyl sites for hydroxylation is 1. The average Bonchev–Trinajstić information content (AvgIpc) is 2.43. The van der Waals surface area contributed by atoms with Crippen LogP contribution in [-0.4, -0.2) is 47.8 Å². The molecule has 2 amide bonds. The van der Waals surface area contributed by atoms with Gasteiger partial charge >= 0.3 is 12.0 Å². The molecule has 0 radical (unpaired) electrons. The molecule has 2 rings (SSSR count). The van der Waals surface area contributed by atoms with E-state index in [4.69, 9.17) is 9.84 Å². The number of morpholine rings is 1. The Balaban J connectivity index is 2.04. The van der Waals surface area contributed by atoms with Crippen LogP contribution in [0.1, 0.15) is 5.56 Å². The fourth-order valence-electron chi connectivity index (χ4n) is 1.91. The van der Waals surface area contributed by atoms with Gasteiger partial charge in [0.25, 0.3) is 0 Å². The third kappa shape index (κ3) is 3.24. The fourth-order valence-corrected chi connectivity index (χ4v) is 1.91. The summed E-state index contributed by atoms with van der Waals surface area (Å²) in [5, 5.41) is 11.5. The van der Waals surface area contributed by atoms with Crippen molar-refractivity contribution in [2.24, 2.45) is 0 Å². The summed E-state index contributed by atoms with van der Waals surface area (Å²) in [6, 6.07) is 3.63. The summed E-state index contributed by atoms with van der Waals surface area (Å²) in [4.78, 5) is 24.2. The number of nitrogens with zero attached hydrogens (tertiary/aromatic N) is 1. The number of carboxylic acids is 1. The van der Waals surface area contributed by atoms with Crippen LogP contribution in [-0.2, 0) is 9.53 Å². The monoisotopic (exact) mass is 282 g/mol. The zero-order valence-electron chi connectivity index (χ0n) is 10.9. The number of carbonyl (C=O) groups excluding carboxylic acids is 1.